The van der Waals surface area contributed by atoms with Crippen LogP contribution < -0.4 is 15.0 Å². The number of nitrogens with one attached hydrogen (secondary N) is 1. The van der Waals surface area contributed by atoms with Crippen LogP contribution in [0.5, 0.6) is 5.75 Å². The van der Waals surface area contributed by atoms with Crippen molar-refractivity contribution >= 4 is 5.69 Å². The van der Waals surface area contributed by atoms with Crippen molar-refractivity contribution in [3.8, 4) is 5.75 Å². The van der Waals surface area contributed by atoms with Crippen LogP contribution in [0.3, 0.4) is 0 Å². The van der Waals surface area contributed by atoms with Crippen LogP contribution >= 0.6 is 0 Å². The molecule has 0 spiro atoms. The van der Waals surface area contributed by atoms with Crippen molar-refractivity contribution in [1.82, 2.24) is 5.32 Å². The van der Waals surface area contributed by atoms with Crippen LogP contribution in [0, 0.1) is 0 Å². The SMILES string of the molecule is CCCNCc1ccc(N(CCC)CCC)c(OC(C)C)c1. The van der Waals surface area contributed by atoms with E-state index in [0.29, 0.717) is 0 Å². The highest BCUT2D eigenvalue weighted by Gasteiger charge is 2.13. The summed E-state index contributed by atoms with van der Waals surface area (Å²) in [7, 11) is 0. The second-order valence-electron chi connectivity index (χ2n) is 6.13. The number of nitrogens with zero attached hydrogens (tertiary/aromatic N) is 1. The van der Waals surface area contributed by atoms with E-state index in [4.69, 9.17) is 4.74 Å². The van der Waals surface area contributed by atoms with Crippen LogP contribution in [0.1, 0.15) is 59.4 Å². The molecular formula is C19H34N2O. The first-order valence-electron chi connectivity index (χ1n) is 8.87. The average Bonchev–Trinajstić information content (AvgIpc) is 2.47. The first-order valence-corrected chi connectivity index (χ1v) is 8.87. The molecule has 3 heteroatoms. The Kier molecular flexibility index (Phi) is 8.98. The van der Waals surface area contributed by atoms with Crippen molar-refractivity contribution in [2.75, 3.05) is 24.5 Å². The lowest BCUT2D eigenvalue weighted by Gasteiger charge is -2.27. The molecule has 1 aromatic rings. The highest BCUT2D eigenvalue weighted by molar-refractivity contribution is 5.60. The molecule has 0 aliphatic heterocycles. The minimum atomic E-state index is 0.197. The van der Waals surface area contributed by atoms with Crippen LogP contribution in [0.25, 0.3) is 0 Å². The van der Waals surface area contributed by atoms with Gasteiger partial charge in [-0.15, -0.1) is 0 Å². The van der Waals surface area contributed by atoms with E-state index in [0.717, 1.165) is 51.2 Å². The first kappa shape index (κ1) is 18.8. The smallest absolute Gasteiger partial charge is 0.143 e. The van der Waals surface area contributed by atoms with Gasteiger partial charge in [-0.25, -0.2) is 0 Å². The van der Waals surface area contributed by atoms with E-state index in [-0.39, 0.29) is 6.10 Å². The predicted molar refractivity (Wildman–Crippen MR) is 97.0 cm³/mol. The molecule has 126 valence electrons. The van der Waals surface area contributed by atoms with Crippen LogP contribution in [0.15, 0.2) is 18.2 Å². The number of anilines is 1. The first-order chi connectivity index (χ1) is 10.6. The maximum atomic E-state index is 6.10. The topological polar surface area (TPSA) is 24.5 Å². The minimum Gasteiger partial charge on any atom is -0.489 e. The minimum absolute atomic E-state index is 0.197. The summed E-state index contributed by atoms with van der Waals surface area (Å²) < 4.78 is 6.10. The zero-order valence-corrected chi connectivity index (χ0v) is 15.1. The van der Waals surface area contributed by atoms with Crippen LogP contribution in [0.4, 0.5) is 5.69 Å². The summed E-state index contributed by atoms with van der Waals surface area (Å²) in [6.45, 7) is 15.0. The van der Waals surface area contributed by atoms with Gasteiger partial charge in [-0.2, -0.15) is 0 Å². The number of hydrogen-bond acceptors (Lipinski definition) is 3. The maximum absolute atomic E-state index is 6.10. The normalized spacial score (nSPS) is 11.0. The Morgan fingerprint density at radius 1 is 1.05 bits per heavy atom. The number of rotatable bonds is 11. The maximum Gasteiger partial charge on any atom is 0.143 e. The largest absolute Gasteiger partial charge is 0.489 e. The number of ether oxygens (including phenoxy) is 1. The fourth-order valence-electron chi connectivity index (χ4n) is 2.58. The third kappa shape index (κ3) is 6.27. The summed E-state index contributed by atoms with van der Waals surface area (Å²) in [5.41, 5.74) is 2.53. The van der Waals surface area contributed by atoms with E-state index in [1.54, 1.807) is 0 Å². The fourth-order valence-corrected chi connectivity index (χ4v) is 2.58. The van der Waals surface area contributed by atoms with Gasteiger partial charge in [0.1, 0.15) is 5.75 Å². The van der Waals surface area contributed by atoms with Gasteiger partial charge in [0, 0.05) is 19.6 Å². The van der Waals surface area contributed by atoms with E-state index < -0.39 is 0 Å². The van der Waals surface area contributed by atoms with E-state index in [1.807, 2.05) is 0 Å². The molecule has 0 bridgehead atoms. The predicted octanol–water partition coefficient (Wildman–Crippen LogP) is 4.60. The second-order valence-corrected chi connectivity index (χ2v) is 6.13. The Labute approximate surface area is 137 Å². The average molecular weight is 306 g/mol. The molecule has 0 unspecified atom stereocenters. The lowest BCUT2D eigenvalue weighted by atomic mass is 10.1. The molecule has 0 aliphatic rings. The quantitative estimate of drug-likeness (QED) is 0.605. The molecule has 1 rings (SSSR count). The molecule has 0 saturated carbocycles. The Hall–Kier alpha value is -1.22. The monoisotopic (exact) mass is 306 g/mol. The summed E-state index contributed by atoms with van der Waals surface area (Å²) in [6.07, 6.45) is 3.67. The lowest BCUT2D eigenvalue weighted by molar-refractivity contribution is 0.242. The van der Waals surface area contributed by atoms with Gasteiger partial charge >= 0.3 is 0 Å². The molecule has 0 fully saturated rings. The van der Waals surface area contributed by atoms with Gasteiger partial charge in [0.2, 0.25) is 0 Å². The lowest BCUT2D eigenvalue weighted by Crippen LogP contribution is -2.26. The summed E-state index contributed by atoms with van der Waals surface area (Å²) >= 11 is 0. The van der Waals surface area contributed by atoms with Gasteiger partial charge in [0.25, 0.3) is 0 Å². The standard InChI is InChI=1S/C19H34N2O/c1-6-11-20-15-17-9-10-18(19(14-17)22-16(4)5)21(12-7-2)13-8-3/h9-10,14,16,20H,6-8,11-13,15H2,1-5H3. The van der Waals surface area contributed by atoms with E-state index in [1.165, 1.54) is 11.3 Å². The van der Waals surface area contributed by atoms with Crippen molar-refractivity contribution < 1.29 is 4.74 Å². The Morgan fingerprint density at radius 3 is 2.27 bits per heavy atom. The highest BCUT2D eigenvalue weighted by Crippen LogP contribution is 2.31. The van der Waals surface area contributed by atoms with Crippen molar-refractivity contribution in [2.45, 2.75) is 66.5 Å². The zero-order chi connectivity index (χ0) is 16.4. The van der Waals surface area contributed by atoms with Gasteiger partial charge in [-0.05, 0) is 57.4 Å². The van der Waals surface area contributed by atoms with E-state index in [9.17, 15) is 0 Å². The van der Waals surface area contributed by atoms with Crippen LogP contribution in [-0.2, 0) is 6.54 Å². The van der Waals surface area contributed by atoms with Crippen LogP contribution in [-0.4, -0.2) is 25.7 Å². The van der Waals surface area contributed by atoms with E-state index >= 15 is 0 Å². The number of hydrogen-bond donors (Lipinski definition) is 1. The molecule has 0 amide bonds. The molecule has 0 atom stereocenters. The molecule has 1 N–H and O–H groups in total. The Morgan fingerprint density at radius 2 is 1.73 bits per heavy atom. The van der Waals surface area contributed by atoms with E-state index in [2.05, 4.69) is 63.0 Å². The molecule has 0 heterocycles. The Bertz CT molecular complexity index is 412. The van der Waals surface area contributed by atoms with Crippen LogP contribution in [0.2, 0.25) is 0 Å². The number of benzene rings is 1. The second kappa shape index (κ2) is 10.5. The van der Waals surface area contributed by atoms with Crippen molar-refractivity contribution in [1.29, 1.82) is 0 Å². The zero-order valence-electron chi connectivity index (χ0n) is 15.1. The van der Waals surface area contributed by atoms with Crippen molar-refractivity contribution in [3.63, 3.8) is 0 Å². The van der Waals surface area contributed by atoms with Crippen molar-refractivity contribution in [3.05, 3.63) is 23.8 Å². The third-order valence-corrected chi connectivity index (χ3v) is 3.47. The molecular weight excluding hydrogens is 272 g/mol. The highest BCUT2D eigenvalue weighted by atomic mass is 16.5. The Balaban J connectivity index is 2.97. The van der Waals surface area contributed by atoms with Crippen molar-refractivity contribution in [2.24, 2.45) is 0 Å². The summed E-state index contributed by atoms with van der Waals surface area (Å²) in [6, 6.07) is 6.66. The molecule has 0 aliphatic carbocycles. The molecule has 22 heavy (non-hydrogen) atoms. The van der Waals surface area contributed by atoms with Gasteiger partial charge in [0.15, 0.2) is 0 Å². The molecule has 3 nitrogen and oxygen atoms in total. The van der Waals surface area contributed by atoms with Gasteiger partial charge < -0.3 is 15.0 Å². The fraction of sp³-hybridized carbons (Fsp3) is 0.684. The summed E-state index contributed by atoms with van der Waals surface area (Å²) in [4.78, 5) is 2.45. The van der Waals surface area contributed by atoms with Gasteiger partial charge in [-0.1, -0.05) is 26.8 Å². The van der Waals surface area contributed by atoms with Gasteiger partial charge in [-0.3, -0.25) is 0 Å². The molecule has 1 aromatic carbocycles. The summed E-state index contributed by atoms with van der Waals surface area (Å²) in [5, 5.41) is 3.46. The molecule has 0 aromatic heterocycles. The molecule has 0 saturated heterocycles. The third-order valence-electron chi connectivity index (χ3n) is 3.47. The molecule has 0 radical (unpaired) electrons. The van der Waals surface area contributed by atoms with Gasteiger partial charge in [0.05, 0.1) is 11.8 Å². The summed E-state index contributed by atoms with van der Waals surface area (Å²) in [5.74, 6) is 1.02.